The molecule has 66 valence electrons. The number of aromatic nitrogens is 2. The summed E-state index contributed by atoms with van der Waals surface area (Å²) in [6.45, 7) is 5.15. The van der Waals surface area contributed by atoms with Crippen molar-refractivity contribution in [1.82, 2.24) is 9.97 Å². The van der Waals surface area contributed by atoms with Crippen LogP contribution < -0.4 is 5.32 Å². The highest BCUT2D eigenvalue weighted by atomic mass is 15.1. The summed E-state index contributed by atoms with van der Waals surface area (Å²) in [5, 5.41) is 3.12. The van der Waals surface area contributed by atoms with E-state index in [1.54, 1.807) is 0 Å². The number of hydrogen-bond donors (Lipinski definition) is 1. The van der Waals surface area contributed by atoms with Crippen LogP contribution in [-0.4, -0.2) is 16.5 Å². The Bertz CT molecular complexity index is 218. The average molecular weight is 165 g/mol. The molecule has 1 aromatic rings. The molecule has 0 aromatic carbocycles. The van der Waals surface area contributed by atoms with E-state index >= 15 is 0 Å². The minimum absolute atomic E-state index is 0.731. The zero-order valence-corrected chi connectivity index (χ0v) is 7.67. The van der Waals surface area contributed by atoms with E-state index in [4.69, 9.17) is 0 Å². The van der Waals surface area contributed by atoms with Crippen LogP contribution in [-0.2, 0) is 6.42 Å². The second-order valence-electron chi connectivity index (χ2n) is 2.70. The smallest absolute Gasteiger partial charge is 0.222 e. The molecule has 0 amide bonds. The third kappa shape index (κ3) is 2.49. The normalized spacial score (nSPS) is 9.83. The second kappa shape index (κ2) is 4.70. The van der Waals surface area contributed by atoms with Crippen LogP contribution >= 0.6 is 0 Å². The Hall–Kier alpha value is -1.12. The predicted octanol–water partition coefficient (Wildman–Crippen LogP) is 1.86. The van der Waals surface area contributed by atoms with Crippen molar-refractivity contribution in [3.8, 4) is 0 Å². The van der Waals surface area contributed by atoms with Crippen LogP contribution in [0.5, 0.6) is 0 Å². The monoisotopic (exact) mass is 165 g/mol. The first kappa shape index (κ1) is 8.97. The Morgan fingerprint density at radius 2 is 1.92 bits per heavy atom. The zero-order valence-electron chi connectivity index (χ0n) is 7.67. The van der Waals surface area contributed by atoms with Crippen molar-refractivity contribution >= 4 is 5.95 Å². The van der Waals surface area contributed by atoms with E-state index in [-0.39, 0.29) is 0 Å². The number of nitrogens with one attached hydrogen (secondary N) is 1. The molecule has 0 radical (unpaired) electrons. The average Bonchev–Trinajstić information content (AvgIpc) is 2.15. The molecule has 12 heavy (non-hydrogen) atoms. The summed E-state index contributed by atoms with van der Waals surface area (Å²) in [5.74, 6) is 0.731. The molecule has 0 saturated carbocycles. The molecule has 1 rings (SSSR count). The molecule has 0 atom stereocenters. The van der Waals surface area contributed by atoms with E-state index in [2.05, 4.69) is 29.1 Å². The van der Waals surface area contributed by atoms with Crippen molar-refractivity contribution < 1.29 is 0 Å². The summed E-state index contributed by atoms with van der Waals surface area (Å²) < 4.78 is 0. The lowest BCUT2D eigenvalue weighted by Crippen LogP contribution is -2.04. The van der Waals surface area contributed by atoms with Crippen molar-refractivity contribution in [2.75, 3.05) is 11.9 Å². The van der Waals surface area contributed by atoms with Crippen molar-refractivity contribution in [2.24, 2.45) is 0 Å². The molecule has 1 N–H and O–H groups in total. The van der Waals surface area contributed by atoms with Gasteiger partial charge in [-0.3, -0.25) is 0 Å². The summed E-state index contributed by atoms with van der Waals surface area (Å²) in [7, 11) is 0. The van der Waals surface area contributed by atoms with E-state index < -0.39 is 0 Å². The van der Waals surface area contributed by atoms with E-state index in [1.807, 2.05) is 12.4 Å². The molecule has 0 fully saturated rings. The molecule has 0 aliphatic rings. The second-order valence-corrected chi connectivity index (χ2v) is 2.70. The van der Waals surface area contributed by atoms with Crippen LogP contribution in [0.15, 0.2) is 12.4 Å². The number of anilines is 1. The Morgan fingerprint density at radius 3 is 2.42 bits per heavy atom. The zero-order chi connectivity index (χ0) is 8.81. The summed E-state index contributed by atoms with van der Waals surface area (Å²) in [6.07, 6.45) is 5.82. The Balaban J connectivity index is 2.53. The molecule has 1 aromatic heterocycles. The van der Waals surface area contributed by atoms with Crippen LogP contribution in [0.2, 0.25) is 0 Å². The molecule has 0 saturated heterocycles. The Labute approximate surface area is 73.2 Å². The molecule has 0 aliphatic heterocycles. The van der Waals surface area contributed by atoms with Crippen LogP contribution in [0.4, 0.5) is 5.95 Å². The number of nitrogens with zero attached hydrogens (tertiary/aromatic N) is 2. The summed E-state index contributed by atoms with van der Waals surface area (Å²) in [5.41, 5.74) is 1.18. The highest BCUT2D eigenvalue weighted by Crippen LogP contribution is 2.00. The van der Waals surface area contributed by atoms with Crippen LogP contribution in [0, 0.1) is 0 Å². The first-order valence-corrected chi connectivity index (χ1v) is 4.41. The molecule has 3 nitrogen and oxygen atoms in total. The van der Waals surface area contributed by atoms with Crippen LogP contribution in [0.3, 0.4) is 0 Å². The van der Waals surface area contributed by atoms with Gasteiger partial charge in [-0.1, -0.05) is 13.8 Å². The molecule has 0 unspecified atom stereocenters. The maximum Gasteiger partial charge on any atom is 0.222 e. The van der Waals surface area contributed by atoms with Gasteiger partial charge in [-0.05, 0) is 18.4 Å². The lowest BCUT2D eigenvalue weighted by Gasteiger charge is -2.01. The maximum atomic E-state index is 4.16. The minimum atomic E-state index is 0.731. The fraction of sp³-hybridized carbons (Fsp3) is 0.556. The van der Waals surface area contributed by atoms with E-state index in [1.165, 1.54) is 5.56 Å². The molecule has 0 bridgehead atoms. The van der Waals surface area contributed by atoms with Gasteiger partial charge < -0.3 is 5.32 Å². The van der Waals surface area contributed by atoms with Gasteiger partial charge in [0.25, 0.3) is 0 Å². The third-order valence-electron chi connectivity index (χ3n) is 1.65. The molecule has 0 spiro atoms. The third-order valence-corrected chi connectivity index (χ3v) is 1.65. The largest absolute Gasteiger partial charge is 0.354 e. The van der Waals surface area contributed by atoms with Crippen LogP contribution in [0.1, 0.15) is 25.8 Å². The lowest BCUT2D eigenvalue weighted by molar-refractivity contribution is 0.944. The van der Waals surface area contributed by atoms with Crippen molar-refractivity contribution in [1.29, 1.82) is 0 Å². The van der Waals surface area contributed by atoms with E-state index in [0.29, 0.717) is 0 Å². The van der Waals surface area contributed by atoms with Crippen molar-refractivity contribution in [3.05, 3.63) is 18.0 Å². The first-order valence-electron chi connectivity index (χ1n) is 4.41. The molecule has 0 aliphatic carbocycles. The van der Waals surface area contributed by atoms with E-state index in [0.717, 1.165) is 25.3 Å². The Morgan fingerprint density at radius 1 is 1.25 bits per heavy atom. The fourth-order valence-corrected chi connectivity index (χ4v) is 0.865. The van der Waals surface area contributed by atoms with Gasteiger partial charge in [0.05, 0.1) is 0 Å². The van der Waals surface area contributed by atoms with Gasteiger partial charge in [0.2, 0.25) is 5.95 Å². The summed E-state index contributed by atoms with van der Waals surface area (Å²) >= 11 is 0. The summed E-state index contributed by atoms with van der Waals surface area (Å²) in [6, 6.07) is 0. The standard InChI is InChI=1S/C9H15N3/c1-3-5-10-9-11-6-8(4-2)7-12-9/h6-7H,3-5H2,1-2H3,(H,10,11,12). The quantitative estimate of drug-likeness (QED) is 0.740. The SMILES string of the molecule is CCCNc1ncc(CC)cn1. The predicted molar refractivity (Wildman–Crippen MR) is 50.2 cm³/mol. The van der Waals surface area contributed by atoms with E-state index in [9.17, 15) is 0 Å². The van der Waals surface area contributed by atoms with Gasteiger partial charge in [0.1, 0.15) is 0 Å². The van der Waals surface area contributed by atoms with Crippen molar-refractivity contribution in [2.45, 2.75) is 26.7 Å². The minimum Gasteiger partial charge on any atom is -0.354 e. The maximum absolute atomic E-state index is 4.16. The topological polar surface area (TPSA) is 37.8 Å². The number of rotatable bonds is 4. The number of hydrogen-bond acceptors (Lipinski definition) is 3. The van der Waals surface area contributed by atoms with Crippen molar-refractivity contribution in [3.63, 3.8) is 0 Å². The van der Waals surface area contributed by atoms with Gasteiger partial charge in [-0.15, -0.1) is 0 Å². The van der Waals surface area contributed by atoms with Gasteiger partial charge in [-0.25, -0.2) is 9.97 Å². The molecular weight excluding hydrogens is 150 g/mol. The van der Waals surface area contributed by atoms with Gasteiger partial charge in [0, 0.05) is 18.9 Å². The van der Waals surface area contributed by atoms with Crippen LogP contribution in [0.25, 0.3) is 0 Å². The fourth-order valence-electron chi connectivity index (χ4n) is 0.865. The highest BCUT2D eigenvalue weighted by Gasteiger charge is 1.93. The summed E-state index contributed by atoms with van der Waals surface area (Å²) in [4.78, 5) is 8.33. The first-order chi connectivity index (χ1) is 5.86. The Kier molecular flexibility index (Phi) is 3.51. The van der Waals surface area contributed by atoms with Gasteiger partial charge >= 0.3 is 0 Å². The lowest BCUT2D eigenvalue weighted by atomic mass is 10.3. The molecular formula is C9H15N3. The highest BCUT2D eigenvalue weighted by molar-refractivity contribution is 5.24. The number of aryl methyl sites for hydroxylation is 1. The molecule has 3 heteroatoms. The molecule has 1 heterocycles. The van der Waals surface area contributed by atoms with Gasteiger partial charge in [0.15, 0.2) is 0 Å². The van der Waals surface area contributed by atoms with Gasteiger partial charge in [-0.2, -0.15) is 0 Å².